The summed E-state index contributed by atoms with van der Waals surface area (Å²) in [4.78, 5) is 12.4. The number of carbonyl (C=O) groups is 1. The van der Waals surface area contributed by atoms with E-state index >= 15 is 0 Å². The molecule has 4 rings (SSSR count). The minimum atomic E-state index is -4.49. The molecule has 8 heteroatoms. The van der Waals surface area contributed by atoms with Gasteiger partial charge in [0.25, 0.3) is 0 Å². The highest BCUT2D eigenvalue weighted by Crippen LogP contribution is 2.39. The zero-order valence-electron chi connectivity index (χ0n) is 17.0. The van der Waals surface area contributed by atoms with Gasteiger partial charge in [0.15, 0.2) is 11.5 Å². The van der Waals surface area contributed by atoms with Gasteiger partial charge in [0.2, 0.25) is 0 Å². The zero-order chi connectivity index (χ0) is 23.9. The van der Waals surface area contributed by atoms with E-state index in [1.54, 1.807) is 31.2 Å². The maximum absolute atomic E-state index is 13.4. The maximum atomic E-state index is 13.4. The number of cyclic esters (lactones) is 1. The Morgan fingerprint density at radius 2 is 1.61 bits per heavy atom. The Morgan fingerprint density at radius 1 is 0.939 bits per heavy atom. The Balaban J connectivity index is 1.72. The van der Waals surface area contributed by atoms with Crippen LogP contribution in [0.4, 0.5) is 13.2 Å². The maximum Gasteiger partial charge on any atom is 0.417 e. The van der Waals surface area contributed by atoms with Crippen molar-refractivity contribution in [1.82, 2.24) is 0 Å². The van der Waals surface area contributed by atoms with Gasteiger partial charge in [-0.25, -0.2) is 4.79 Å². The minimum absolute atomic E-state index is 0.0665. The highest BCUT2D eigenvalue weighted by atomic mass is 35.5. The molecular weight excluding hydrogens is 476 g/mol. The average molecular weight is 491 g/mol. The van der Waals surface area contributed by atoms with Crippen molar-refractivity contribution < 1.29 is 27.8 Å². The predicted molar refractivity (Wildman–Crippen MR) is 122 cm³/mol. The van der Waals surface area contributed by atoms with Crippen molar-refractivity contribution in [3.05, 3.63) is 104 Å². The van der Waals surface area contributed by atoms with Crippen LogP contribution in [0.1, 0.15) is 22.3 Å². The summed E-state index contributed by atoms with van der Waals surface area (Å²) in [6.07, 6.45) is -3.06. The van der Waals surface area contributed by atoms with Gasteiger partial charge in [0.05, 0.1) is 5.56 Å². The van der Waals surface area contributed by atoms with Gasteiger partial charge in [0.1, 0.15) is 5.57 Å². The van der Waals surface area contributed by atoms with Crippen molar-refractivity contribution in [2.45, 2.75) is 13.1 Å². The van der Waals surface area contributed by atoms with Crippen molar-refractivity contribution in [3.63, 3.8) is 0 Å². The fraction of sp³-hybridized carbons (Fsp3) is 0.0800. The molecule has 0 aromatic heterocycles. The first kappa shape index (κ1) is 23.0. The van der Waals surface area contributed by atoms with Crippen molar-refractivity contribution in [2.24, 2.45) is 0 Å². The summed E-state index contributed by atoms with van der Waals surface area (Å²) < 4.78 is 45.4. The second-order valence-electron chi connectivity index (χ2n) is 7.40. The first-order chi connectivity index (χ1) is 15.5. The number of ether oxygens (including phenoxy) is 1. The van der Waals surface area contributed by atoms with Crippen molar-refractivity contribution in [3.8, 4) is 11.1 Å². The number of alkyl halides is 3. The smallest absolute Gasteiger partial charge is 0.417 e. The van der Waals surface area contributed by atoms with E-state index < -0.39 is 17.7 Å². The molecule has 0 saturated heterocycles. The highest BCUT2D eigenvalue weighted by molar-refractivity contribution is 6.35. The molecule has 1 heterocycles. The molecule has 0 atom stereocenters. The Labute approximate surface area is 197 Å². The molecule has 0 bridgehead atoms. The molecule has 0 fully saturated rings. The summed E-state index contributed by atoms with van der Waals surface area (Å²) in [5, 5.41) is 11.2. The van der Waals surface area contributed by atoms with Crippen molar-refractivity contribution in [2.75, 3.05) is 0 Å². The van der Waals surface area contributed by atoms with Crippen molar-refractivity contribution in [1.29, 1.82) is 0 Å². The van der Waals surface area contributed by atoms with E-state index in [9.17, 15) is 23.1 Å². The summed E-state index contributed by atoms with van der Waals surface area (Å²) in [7, 11) is 0. The topological polar surface area (TPSA) is 46.5 Å². The van der Waals surface area contributed by atoms with E-state index in [4.69, 9.17) is 27.9 Å². The molecule has 33 heavy (non-hydrogen) atoms. The average Bonchev–Trinajstić information content (AvgIpc) is 2.99. The molecule has 0 radical (unpaired) electrons. The molecule has 1 N–H and O–H groups in total. The molecule has 0 spiro atoms. The van der Waals surface area contributed by atoms with E-state index in [2.05, 4.69) is 0 Å². The first-order valence-electron chi connectivity index (χ1n) is 9.66. The third kappa shape index (κ3) is 4.63. The number of halogens is 5. The van der Waals surface area contributed by atoms with Crippen LogP contribution in [-0.4, -0.2) is 11.1 Å². The molecule has 3 aromatic carbocycles. The summed E-state index contributed by atoms with van der Waals surface area (Å²) in [6, 6.07) is 14.6. The lowest BCUT2D eigenvalue weighted by atomic mass is 9.94. The Kier molecular flexibility index (Phi) is 5.99. The zero-order valence-corrected chi connectivity index (χ0v) is 18.5. The molecule has 0 aliphatic carbocycles. The van der Waals surface area contributed by atoms with Gasteiger partial charge >= 0.3 is 12.1 Å². The molecule has 0 saturated carbocycles. The summed E-state index contributed by atoms with van der Waals surface area (Å²) >= 11 is 12.0. The van der Waals surface area contributed by atoms with E-state index in [0.29, 0.717) is 22.3 Å². The molecule has 3 nitrogen and oxygen atoms in total. The number of aryl methyl sites for hydroxylation is 1. The van der Waals surface area contributed by atoms with Gasteiger partial charge in [-0.15, -0.1) is 0 Å². The normalized spacial score (nSPS) is 15.3. The monoisotopic (exact) mass is 490 g/mol. The third-order valence-corrected chi connectivity index (χ3v) is 5.54. The lowest BCUT2D eigenvalue weighted by Crippen LogP contribution is -2.07. The van der Waals surface area contributed by atoms with Gasteiger partial charge in [0, 0.05) is 10.0 Å². The standard InChI is InChI=1S/C25H15Cl2F3O3/c1-13-8-14(6-7-18(13)19-4-2-3-5-20(19)25(28,29)30)9-21-23(31)22(24(32)33-21)15-10-16(26)12-17(27)11-15/h2-12,31H,1H3. The van der Waals surface area contributed by atoms with Gasteiger partial charge in [-0.1, -0.05) is 59.6 Å². The van der Waals surface area contributed by atoms with Gasteiger partial charge < -0.3 is 9.84 Å². The SMILES string of the molecule is Cc1cc(C=C2OC(=O)C(c3cc(Cl)cc(Cl)c3)=C2O)ccc1-c1ccccc1C(F)(F)F. The largest absolute Gasteiger partial charge is 0.504 e. The fourth-order valence-electron chi connectivity index (χ4n) is 3.67. The van der Waals surface area contributed by atoms with Crippen LogP contribution in [0, 0.1) is 6.92 Å². The highest BCUT2D eigenvalue weighted by Gasteiger charge is 2.34. The fourth-order valence-corrected chi connectivity index (χ4v) is 4.19. The van der Waals surface area contributed by atoms with E-state index in [0.717, 1.165) is 6.07 Å². The molecule has 1 aliphatic heterocycles. The predicted octanol–water partition coefficient (Wildman–Crippen LogP) is 7.85. The number of carbonyl (C=O) groups excluding carboxylic acids is 1. The van der Waals surface area contributed by atoms with Gasteiger partial charge in [-0.05, 0) is 65.1 Å². The number of aliphatic hydroxyl groups excluding tert-OH is 1. The second-order valence-corrected chi connectivity index (χ2v) is 8.27. The Morgan fingerprint density at radius 3 is 2.24 bits per heavy atom. The van der Waals surface area contributed by atoms with Crippen LogP contribution in [0.15, 0.2) is 72.2 Å². The van der Waals surface area contributed by atoms with Crippen LogP contribution in [0.3, 0.4) is 0 Å². The molecule has 1 aliphatic rings. The summed E-state index contributed by atoms with van der Waals surface area (Å²) in [5.74, 6) is -1.25. The number of aliphatic hydroxyl groups is 1. The van der Waals surface area contributed by atoms with Crippen LogP contribution < -0.4 is 0 Å². The second kappa shape index (κ2) is 8.61. The van der Waals surface area contributed by atoms with E-state index in [-0.39, 0.29) is 32.7 Å². The van der Waals surface area contributed by atoms with Crippen LogP contribution in [-0.2, 0) is 15.7 Å². The van der Waals surface area contributed by atoms with Crippen molar-refractivity contribution >= 4 is 40.8 Å². The molecule has 168 valence electrons. The molecule has 3 aromatic rings. The molecule has 0 unspecified atom stereocenters. The van der Waals surface area contributed by atoms with E-state index in [1.807, 2.05) is 0 Å². The van der Waals surface area contributed by atoms with Gasteiger partial charge in [-0.2, -0.15) is 13.2 Å². The van der Waals surface area contributed by atoms with Crippen LogP contribution in [0.5, 0.6) is 0 Å². The van der Waals surface area contributed by atoms with Gasteiger partial charge in [-0.3, -0.25) is 0 Å². The van der Waals surface area contributed by atoms with Crippen LogP contribution >= 0.6 is 23.2 Å². The number of hydrogen-bond donors (Lipinski definition) is 1. The Hall–Kier alpha value is -3.22. The van der Waals surface area contributed by atoms with E-state index in [1.165, 1.54) is 36.4 Å². The number of rotatable bonds is 3. The third-order valence-electron chi connectivity index (χ3n) is 5.10. The summed E-state index contributed by atoms with van der Waals surface area (Å²) in [6.45, 7) is 1.68. The number of benzene rings is 3. The number of hydrogen-bond acceptors (Lipinski definition) is 3. The lowest BCUT2D eigenvalue weighted by Gasteiger charge is -2.15. The molecular formula is C25H15Cl2F3O3. The quantitative estimate of drug-likeness (QED) is 0.380. The minimum Gasteiger partial charge on any atom is -0.504 e. The summed E-state index contributed by atoms with van der Waals surface area (Å²) in [5.41, 5.74) is 1.08. The van der Waals surface area contributed by atoms with Crippen LogP contribution in [0.2, 0.25) is 10.0 Å². The first-order valence-corrected chi connectivity index (χ1v) is 10.4. The number of esters is 1. The van der Waals surface area contributed by atoms with Crippen LogP contribution in [0.25, 0.3) is 22.8 Å². The Bertz CT molecular complexity index is 1320. The molecule has 0 amide bonds. The lowest BCUT2D eigenvalue weighted by molar-refractivity contribution is -0.137.